The molecule has 1 saturated heterocycles. The van der Waals surface area contributed by atoms with Gasteiger partial charge >= 0.3 is 0 Å². The maximum atomic E-state index is 11.4. The van der Waals surface area contributed by atoms with Gasteiger partial charge in [-0.05, 0) is 13.8 Å². The van der Waals surface area contributed by atoms with E-state index in [1.165, 1.54) is 0 Å². The average Bonchev–Trinajstić information content (AvgIpc) is 2.42. The Bertz CT molecular complexity index is 373. The molecule has 0 aliphatic carbocycles. The SMILES string of the molecule is Cc1noc(C2CC(=O)NCCN2)c1C. The summed E-state index contributed by atoms with van der Waals surface area (Å²) >= 11 is 0. The summed E-state index contributed by atoms with van der Waals surface area (Å²) in [5.74, 6) is 0.836. The first-order chi connectivity index (χ1) is 7.18. The molecule has 0 bridgehead atoms. The number of nitrogens with one attached hydrogen (secondary N) is 2. The maximum Gasteiger partial charge on any atom is 0.222 e. The summed E-state index contributed by atoms with van der Waals surface area (Å²) in [6.07, 6.45) is 0.412. The highest BCUT2D eigenvalue weighted by molar-refractivity contribution is 5.77. The summed E-state index contributed by atoms with van der Waals surface area (Å²) in [7, 11) is 0. The first-order valence-corrected chi connectivity index (χ1v) is 5.11. The normalized spacial score (nSPS) is 22.3. The van der Waals surface area contributed by atoms with Crippen molar-refractivity contribution >= 4 is 5.91 Å². The van der Waals surface area contributed by atoms with Crippen molar-refractivity contribution in [3.63, 3.8) is 0 Å². The average molecular weight is 209 g/mol. The largest absolute Gasteiger partial charge is 0.359 e. The molecule has 1 atom stereocenters. The molecule has 2 N–H and O–H groups in total. The van der Waals surface area contributed by atoms with E-state index < -0.39 is 0 Å². The van der Waals surface area contributed by atoms with E-state index in [2.05, 4.69) is 15.8 Å². The maximum absolute atomic E-state index is 11.4. The van der Waals surface area contributed by atoms with Crippen LogP contribution in [0.1, 0.15) is 29.5 Å². The lowest BCUT2D eigenvalue weighted by Gasteiger charge is -2.11. The molecule has 1 aliphatic rings. The minimum Gasteiger partial charge on any atom is -0.359 e. The van der Waals surface area contributed by atoms with Crippen molar-refractivity contribution in [1.82, 2.24) is 15.8 Å². The van der Waals surface area contributed by atoms with Crippen molar-refractivity contribution in [2.45, 2.75) is 26.3 Å². The van der Waals surface area contributed by atoms with E-state index in [4.69, 9.17) is 4.52 Å². The van der Waals surface area contributed by atoms with E-state index in [1.807, 2.05) is 13.8 Å². The van der Waals surface area contributed by atoms with Crippen molar-refractivity contribution in [2.75, 3.05) is 13.1 Å². The number of aryl methyl sites for hydroxylation is 1. The number of carbonyl (C=O) groups is 1. The summed E-state index contributed by atoms with van der Waals surface area (Å²) in [5, 5.41) is 9.97. The van der Waals surface area contributed by atoms with Crippen molar-refractivity contribution in [3.8, 4) is 0 Å². The molecular formula is C10H15N3O2. The quantitative estimate of drug-likeness (QED) is 0.704. The van der Waals surface area contributed by atoms with Gasteiger partial charge in [-0.15, -0.1) is 0 Å². The van der Waals surface area contributed by atoms with Gasteiger partial charge in [-0.1, -0.05) is 5.16 Å². The number of hydrogen-bond acceptors (Lipinski definition) is 4. The Morgan fingerprint density at radius 1 is 1.40 bits per heavy atom. The van der Waals surface area contributed by atoms with Crippen LogP contribution >= 0.6 is 0 Å². The van der Waals surface area contributed by atoms with Gasteiger partial charge in [-0.25, -0.2) is 0 Å². The molecule has 1 unspecified atom stereocenters. The van der Waals surface area contributed by atoms with E-state index in [0.29, 0.717) is 13.0 Å². The highest BCUT2D eigenvalue weighted by Gasteiger charge is 2.24. The van der Waals surface area contributed by atoms with Crippen LogP contribution in [0.2, 0.25) is 0 Å². The van der Waals surface area contributed by atoms with E-state index in [1.54, 1.807) is 0 Å². The monoisotopic (exact) mass is 209 g/mol. The Hall–Kier alpha value is -1.36. The van der Waals surface area contributed by atoms with Crippen molar-refractivity contribution < 1.29 is 9.32 Å². The molecule has 1 fully saturated rings. The number of aromatic nitrogens is 1. The second-order valence-corrected chi connectivity index (χ2v) is 3.82. The van der Waals surface area contributed by atoms with Gasteiger partial charge in [0.1, 0.15) is 0 Å². The first-order valence-electron chi connectivity index (χ1n) is 5.11. The molecule has 1 aliphatic heterocycles. The molecule has 0 aromatic carbocycles. The summed E-state index contributed by atoms with van der Waals surface area (Å²) in [5.41, 5.74) is 1.92. The second kappa shape index (κ2) is 4.02. The predicted octanol–water partition coefficient (Wildman–Crippen LogP) is 0.442. The van der Waals surface area contributed by atoms with Crippen LogP contribution in [0.15, 0.2) is 4.52 Å². The molecule has 2 heterocycles. The van der Waals surface area contributed by atoms with Gasteiger partial charge in [0.2, 0.25) is 5.91 Å². The van der Waals surface area contributed by atoms with Crippen LogP contribution < -0.4 is 10.6 Å². The van der Waals surface area contributed by atoms with Crippen LogP contribution in [0, 0.1) is 13.8 Å². The first kappa shape index (κ1) is 10.2. The van der Waals surface area contributed by atoms with E-state index in [-0.39, 0.29) is 11.9 Å². The smallest absolute Gasteiger partial charge is 0.222 e. The van der Waals surface area contributed by atoms with Gasteiger partial charge in [0, 0.05) is 25.1 Å². The van der Waals surface area contributed by atoms with Crippen LogP contribution in [0.3, 0.4) is 0 Å². The Morgan fingerprint density at radius 2 is 2.20 bits per heavy atom. The number of carbonyl (C=O) groups excluding carboxylic acids is 1. The molecule has 82 valence electrons. The van der Waals surface area contributed by atoms with Gasteiger partial charge < -0.3 is 15.2 Å². The molecule has 0 spiro atoms. The minimum atomic E-state index is -0.0475. The molecule has 2 rings (SSSR count). The van der Waals surface area contributed by atoms with Crippen molar-refractivity contribution in [1.29, 1.82) is 0 Å². The van der Waals surface area contributed by atoms with Crippen LogP contribution in [-0.2, 0) is 4.79 Å². The fourth-order valence-electron chi connectivity index (χ4n) is 1.72. The van der Waals surface area contributed by atoms with Gasteiger partial charge in [-0.3, -0.25) is 4.79 Å². The molecule has 5 nitrogen and oxygen atoms in total. The molecule has 5 heteroatoms. The summed E-state index contributed by atoms with van der Waals surface area (Å²) in [4.78, 5) is 11.4. The Kier molecular flexibility index (Phi) is 2.73. The Balaban J connectivity index is 2.21. The van der Waals surface area contributed by atoms with E-state index >= 15 is 0 Å². The van der Waals surface area contributed by atoms with E-state index in [9.17, 15) is 4.79 Å². The van der Waals surface area contributed by atoms with E-state index in [0.717, 1.165) is 23.6 Å². The molecule has 0 saturated carbocycles. The number of amides is 1. The summed E-state index contributed by atoms with van der Waals surface area (Å²) < 4.78 is 5.25. The van der Waals surface area contributed by atoms with Gasteiger partial charge in [0.15, 0.2) is 5.76 Å². The highest BCUT2D eigenvalue weighted by Crippen LogP contribution is 2.23. The van der Waals surface area contributed by atoms with Gasteiger partial charge in [0.25, 0.3) is 0 Å². The fraction of sp³-hybridized carbons (Fsp3) is 0.600. The topological polar surface area (TPSA) is 67.2 Å². The van der Waals surface area contributed by atoms with Crippen LogP contribution in [-0.4, -0.2) is 24.2 Å². The second-order valence-electron chi connectivity index (χ2n) is 3.82. The molecule has 1 aromatic rings. The molecule has 1 amide bonds. The van der Waals surface area contributed by atoms with Crippen LogP contribution in [0.5, 0.6) is 0 Å². The van der Waals surface area contributed by atoms with Crippen molar-refractivity contribution in [3.05, 3.63) is 17.0 Å². The lowest BCUT2D eigenvalue weighted by molar-refractivity contribution is -0.121. The number of nitrogens with zero attached hydrogens (tertiary/aromatic N) is 1. The lowest BCUT2D eigenvalue weighted by atomic mass is 10.1. The van der Waals surface area contributed by atoms with Gasteiger partial charge in [0.05, 0.1) is 11.7 Å². The fourth-order valence-corrected chi connectivity index (χ4v) is 1.72. The third-order valence-electron chi connectivity index (χ3n) is 2.74. The molecular weight excluding hydrogens is 194 g/mol. The van der Waals surface area contributed by atoms with Crippen LogP contribution in [0.25, 0.3) is 0 Å². The Morgan fingerprint density at radius 3 is 2.87 bits per heavy atom. The molecule has 1 aromatic heterocycles. The minimum absolute atomic E-state index is 0.0475. The molecule has 0 radical (unpaired) electrons. The third-order valence-corrected chi connectivity index (χ3v) is 2.74. The number of hydrogen-bond donors (Lipinski definition) is 2. The standard InChI is InChI=1S/C10H15N3O2/c1-6-7(2)13-15-10(6)8-5-9(14)12-4-3-11-8/h8,11H,3-5H2,1-2H3,(H,12,14). The zero-order valence-electron chi connectivity index (χ0n) is 8.96. The zero-order chi connectivity index (χ0) is 10.8. The highest BCUT2D eigenvalue weighted by atomic mass is 16.5. The molecule has 15 heavy (non-hydrogen) atoms. The lowest BCUT2D eigenvalue weighted by Crippen LogP contribution is -2.24. The third kappa shape index (κ3) is 2.02. The number of rotatable bonds is 1. The van der Waals surface area contributed by atoms with Gasteiger partial charge in [-0.2, -0.15) is 0 Å². The van der Waals surface area contributed by atoms with Crippen molar-refractivity contribution in [2.24, 2.45) is 0 Å². The Labute approximate surface area is 88.2 Å². The predicted molar refractivity (Wildman–Crippen MR) is 54.3 cm³/mol. The van der Waals surface area contributed by atoms with Crippen LogP contribution in [0.4, 0.5) is 0 Å². The summed E-state index contributed by atoms with van der Waals surface area (Å²) in [6.45, 7) is 5.29. The zero-order valence-corrected chi connectivity index (χ0v) is 8.96. The summed E-state index contributed by atoms with van der Waals surface area (Å²) in [6, 6.07) is -0.0475.